The zero-order valence-electron chi connectivity index (χ0n) is 9.87. The predicted molar refractivity (Wildman–Crippen MR) is 72.1 cm³/mol. The number of nitrogens with one attached hydrogen (secondary N) is 1. The van der Waals surface area contributed by atoms with Crippen molar-refractivity contribution in [3.8, 4) is 6.07 Å². The maximum atomic E-state index is 11.0. The van der Waals surface area contributed by atoms with Crippen molar-refractivity contribution in [2.75, 3.05) is 11.9 Å². The van der Waals surface area contributed by atoms with E-state index in [2.05, 4.69) is 10.3 Å². The molecule has 96 valence electrons. The minimum Gasteiger partial charge on any atom is -0.379 e. The SMILES string of the molecule is N#Cc1cccc(NCCc2cscn2)c1[N+](=O)[O-]. The summed E-state index contributed by atoms with van der Waals surface area (Å²) < 4.78 is 0. The number of aromatic nitrogens is 1. The van der Waals surface area contributed by atoms with Crippen molar-refractivity contribution >= 4 is 22.7 Å². The summed E-state index contributed by atoms with van der Waals surface area (Å²) in [6, 6.07) is 6.48. The van der Waals surface area contributed by atoms with Crippen molar-refractivity contribution in [1.82, 2.24) is 4.98 Å². The quantitative estimate of drug-likeness (QED) is 0.668. The third-order valence-corrected chi connectivity index (χ3v) is 3.15. The van der Waals surface area contributed by atoms with Crippen LogP contribution < -0.4 is 5.32 Å². The summed E-state index contributed by atoms with van der Waals surface area (Å²) in [6.45, 7) is 0.527. The zero-order valence-corrected chi connectivity index (χ0v) is 10.7. The number of benzene rings is 1. The van der Waals surface area contributed by atoms with E-state index < -0.39 is 4.92 Å². The number of nitrogens with zero attached hydrogens (tertiary/aromatic N) is 3. The van der Waals surface area contributed by atoms with E-state index in [1.54, 1.807) is 17.6 Å². The summed E-state index contributed by atoms with van der Waals surface area (Å²) in [5, 5.41) is 24.8. The average Bonchev–Trinajstić information content (AvgIpc) is 2.91. The van der Waals surface area contributed by atoms with Gasteiger partial charge in [0, 0.05) is 18.3 Å². The van der Waals surface area contributed by atoms with Gasteiger partial charge in [-0.05, 0) is 12.1 Å². The molecule has 6 nitrogen and oxygen atoms in total. The lowest BCUT2D eigenvalue weighted by Gasteiger charge is -2.06. The number of anilines is 1. The molecule has 7 heteroatoms. The molecule has 0 fully saturated rings. The molecule has 1 N–H and O–H groups in total. The molecule has 0 spiro atoms. The molecule has 0 aliphatic rings. The first-order chi connectivity index (χ1) is 9.22. The zero-order chi connectivity index (χ0) is 13.7. The topological polar surface area (TPSA) is 91.8 Å². The number of thiazole rings is 1. The molecule has 19 heavy (non-hydrogen) atoms. The highest BCUT2D eigenvalue weighted by Gasteiger charge is 2.18. The smallest absolute Gasteiger partial charge is 0.309 e. The predicted octanol–water partition coefficient (Wildman–Crippen LogP) is 2.58. The van der Waals surface area contributed by atoms with Gasteiger partial charge in [-0.25, -0.2) is 4.98 Å². The lowest BCUT2D eigenvalue weighted by molar-refractivity contribution is -0.384. The molecular formula is C12H10N4O2S. The number of para-hydroxylation sites is 1. The summed E-state index contributed by atoms with van der Waals surface area (Å²) in [7, 11) is 0. The Bertz CT molecular complexity index is 619. The van der Waals surface area contributed by atoms with Gasteiger partial charge in [-0.1, -0.05) is 6.07 Å². The minimum atomic E-state index is -0.538. The molecule has 1 heterocycles. The van der Waals surface area contributed by atoms with Crippen LogP contribution in [0.5, 0.6) is 0 Å². The highest BCUT2D eigenvalue weighted by molar-refractivity contribution is 7.07. The molecule has 0 bridgehead atoms. The summed E-state index contributed by atoms with van der Waals surface area (Å²) >= 11 is 1.51. The van der Waals surface area contributed by atoms with E-state index in [1.165, 1.54) is 17.4 Å². The van der Waals surface area contributed by atoms with E-state index in [0.29, 0.717) is 18.7 Å². The summed E-state index contributed by atoms with van der Waals surface area (Å²) in [4.78, 5) is 14.6. The van der Waals surface area contributed by atoms with Crippen LogP contribution >= 0.6 is 11.3 Å². The van der Waals surface area contributed by atoms with Crippen LogP contribution in [-0.4, -0.2) is 16.5 Å². The molecule has 0 atom stereocenters. The van der Waals surface area contributed by atoms with Crippen LogP contribution in [0.3, 0.4) is 0 Å². The van der Waals surface area contributed by atoms with E-state index in [-0.39, 0.29) is 11.3 Å². The summed E-state index contributed by atoms with van der Waals surface area (Å²) in [5.41, 5.74) is 2.93. The molecule has 0 aliphatic carbocycles. The number of hydrogen-bond acceptors (Lipinski definition) is 6. The van der Waals surface area contributed by atoms with Crippen LogP contribution in [0.15, 0.2) is 29.1 Å². The Labute approximate surface area is 113 Å². The van der Waals surface area contributed by atoms with Gasteiger partial charge in [0.05, 0.1) is 16.1 Å². The fourth-order valence-corrected chi connectivity index (χ4v) is 2.25. The fraction of sp³-hybridized carbons (Fsp3) is 0.167. The van der Waals surface area contributed by atoms with Gasteiger partial charge in [0.15, 0.2) is 0 Å². The molecule has 0 saturated carbocycles. The van der Waals surface area contributed by atoms with Crippen molar-refractivity contribution in [1.29, 1.82) is 5.26 Å². The molecule has 1 aromatic carbocycles. The maximum Gasteiger partial charge on any atom is 0.309 e. The van der Waals surface area contributed by atoms with Gasteiger partial charge >= 0.3 is 5.69 Å². The maximum absolute atomic E-state index is 11.0. The summed E-state index contributed by atoms with van der Waals surface area (Å²) in [6.07, 6.45) is 0.678. The Morgan fingerprint density at radius 3 is 3.00 bits per heavy atom. The lowest BCUT2D eigenvalue weighted by Crippen LogP contribution is -2.07. The first-order valence-corrected chi connectivity index (χ1v) is 6.45. The van der Waals surface area contributed by atoms with Crippen molar-refractivity contribution in [3.63, 3.8) is 0 Å². The Hall–Kier alpha value is -2.46. The largest absolute Gasteiger partial charge is 0.379 e. The van der Waals surface area contributed by atoms with Gasteiger partial charge in [0.2, 0.25) is 0 Å². The van der Waals surface area contributed by atoms with Crippen LogP contribution in [0, 0.1) is 21.4 Å². The molecule has 2 rings (SSSR count). The number of nitro benzene ring substituents is 1. The number of nitriles is 1. The van der Waals surface area contributed by atoms with E-state index in [0.717, 1.165) is 5.69 Å². The third-order valence-electron chi connectivity index (χ3n) is 2.52. The van der Waals surface area contributed by atoms with Gasteiger partial charge in [0.1, 0.15) is 17.3 Å². The molecule has 0 aliphatic heterocycles. The van der Waals surface area contributed by atoms with E-state index in [4.69, 9.17) is 5.26 Å². The Kier molecular flexibility index (Phi) is 4.05. The Morgan fingerprint density at radius 1 is 1.53 bits per heavy atom. The first-order valence-electron chi connectivity index (χ1n) is 5.51. The second-order valence-electron chi connectivity index (χ2n) is 3.73. The molecule has 0 saturated heterocycles. The average molecular weight is 274 g/mol. The monoisotopic (exact) mass is 274 g/mol. The van der Waals surface area contributed by atoms with Gasteiger partial charge in [-0.15, -0.1) is 11.3 Å². The third kappa shape index (κ3) is 3.05. The van der Waals surface area contributed by atoms with Crippen molar-refractivity contribution in [2.24, 2.45) is 0 Å². The lowest BCUT2D eigenvalue weighted by atomic mass is 10.1. The van der Waals surface area contributed by atoms with Crippen LogP contribution in [0.4, 0.5) is 11.4 Å². The van der Waals surface area contributed by atoms with Gasteiger partial charge < -0.3 is 5.32 Å². The molecule has 0 unspecified atom stereocenters. The van der Waals surface area contributed by atoms with Crippen LogP contribution in [0.2, 0.25) is 0 Å². The normalized spacial score (nSPS) is 9.84. The first kappa shape index (κ1) is 13.0. The molecule has 0 radical (unpaired) electrons. The second-order valence-corrected chi connectivity index (χ2v) is 4.45. The van der Waals surface area contributed by atoms with Gasteiger partial charge in [0.25, 0.3) is 0 Å². The molecule has 0 amide bonds. The fourth-order valence-electron chi connectivity index (χ4n) is 1.66. The second kappa shape index (κ2) is 5.93. The van der Waals surface area contributed by atoms with E-state index in [1.807, 2.05) is 11.4 Å². The summed E-state index contributed by atoms with van der Waals surface area (Å²) in [5.74, 6) is 0. The van der Waals surface area contributed by atoms with Crippen LogP contribution in [-0.2, 0) is 6.42 Å². The Morgan fingerprint density at radius 2 is 2.37 bits per heavy atom. The minimum absolute atomic E-state index is 0.0589. The highest BCUT2D eigenvalue weighted by Crippen LogP contribution is 2.27. The van der Waals surface area contributed by atoms with E-state index in [9.17, 15) is 10.1 Å². The van der Waals surface area contributed by atoms with Gasteiger partial charge in [-0.3, -0.25) is 10.1 Å². The van der Waals surface area contributed by atoms with E-state index >= 15 is 0 Å². The van der Waals surface area contributed by atoms with Crippen LogP contribution in [0.25, 0.3) is 0 Å². The molecule has 1 aromatic heterocycles. The number of hydrogen-bond donors (Lipinski definition) is 1. The molecular weight excluding hydrogens is 264 g/mol. The standard InChI is InChI=1S/C12H10N4O2S/c13-6-9-2-1-3-11(12(9)16(17)18)14-5-4-10-7-19-8-15-10/h1-3,7-8,14H,4-5H2. The van der Waals surface area contributed by atoms with Crippen molar-refractivity contribution in [2.45, 2.75) is 6.42 Å². The molecule has 2 aromatic rings. The van der Waals surface area contributed by atoms with Crippen LogP contribution in [0.1, 0.15) is 11.3 Å². The van der Waals surface area contributed by atoms with Gasteiger partial charge in [-0.2, -0.15) is 5.26 Å². The number of nitro groups is 1. The number of rotatable bonds is 5. The van der Waals surface area contributed by atoms with Crippen molar-refractivity contribution < 1.29 is 4.92 Å². The Balaban J connectivity index is 2.12. The van der Waals surface area contributed by atoms with Crippen molar-refractivity contribution in [3.05, 3.63) is 50.5 Å². The highest BCUT2D eigenvalue weighted by atomic mass is 32.1.